The fourth-order valence-electron chi connectivity index (χ4n) is 12.3. The van der Waals surface area contributed by atoms with E-state index < -0.39 is 0 Å². The van der Waals surface area contributed by atoms with Crippen LogP contribution >= 0.6 is 0 Å². The Hall–Kier alpha value is -12.6. The van der Waals surface area contributed by atoms with Crippen molar-refractivity contribution in [2.75, 3.05) is 0 Å². The summed E-state index contributed by atoms with van der Waals surface area (Å²) in [4.78, 5) is 36.5. The van der Waals surface area contributed by atoms with Crippen LogP contribution in [0.3, 0.4) is 0 Å². The third-order valence-electron chi connectivity index (χ3n) is 17.8. The molecule has 6 aromatic heterocycles. The van der Waals surface area contributed by atoms with Crippen molar-refractivity contribution < 1.29 is 0 Å². The lowest BCUT2D eigenvalue weighted by atomic mass is 9.99. The fourth-order valence-corrected chi connectivity index (χ4v) is 12.3. The average molecular weight is 1450 g/mol. The molecule has 6 heterocycles. The predicted molar refractivity (Wildman–Crippen MR) is 466 cm³/mol. The van der Waals surface area contributed by atoms with Crippen LogP contribution in [-0.2, 0) is 0 Å². The van der Waals surface area contributed by atoms with Gasteiger partial charge in [-0.25, -0.2) is 24.9 Å². The Balaban J connectivity index is 0.000000156. The molecule has 16 rings (SSSR count). The Bertz CT molecular complexity index is 5020. The molecule has 9 nitrogen and oxygen atoms in total. The van der Waals surface area contributed by atoms with E-state index in [1.807, 2.05) is 109 Å². The summed E-state index contributed by atoms with van der Waals surface area (Å²) in [6.07, 6.45) is 12.4. The number of rotatable bonds is 5. The zero-order valence-corrected chi connectivity index (χ0v) is 67.5. The number of aromatic nitrogens is 9. The first-order chi connectivity index (χ1) is 52.9. The Morgan fingerprint density at radius 1 is 0.218 bits per heavy atom. The summed E-state index contributed by atoms with van der Waals surface area (Å²) in [5, 5.41) is 5.41. The molecule has 0 radical (unpaired) electrons. The molecule has 0 atom stereocenters. The Morgan fingerprint density at radius 3 is 1.11 bits per heavy atom. The highest BCUT2D eigenvalue weighted by Crippen LogP contribution is 2.28. The highest BCUT2D eigenvalue weighted by Gasteiger charge is 2.06. The van der Waals surface area contributed by atoms with Crippen molar-refractivity contribution in [3.8, 4) is 55.8 Å². The first kappa shape index (κ1) is 83.1. The molecular weight excluding hydrogens is 1340 g/mol. The molecule has 0 N–H and O–H groups in total. The van der Waals surface area contributed by atoms with E-state index >= 15 is 0 Å². The van der Waals surface area contributed by atoms with Crippen molar-refractivity contribution in [1.82, 2.24) is 44.9 Å². The maximum absolute atomic E-state index is 4.36. The van der Waals surface area contributed by atoms with E-state index in [0.717, 1.165) is 40.1 Å². The lowest BCUT2D eigenvalue weighted by molar-refractivity contribution is 0.920. The fraction of sp³-hybridized carbons (Fsp3) is 0.178. The highest BCUT2D eigenvalue weighted by molar-refractivity contribution is 5.88. The molecule has 110 heavy (non-hydrogen) atoms. The van der Waals surface area contributed by atoms with Gasteiger partial charge in [0.25, 0.3) is 0 Å². The first-order valence-corrected chi connectivity index (χ1v) is 37.3. The van der Waals surface area contributed by atoms with Gasteiger partial charge in [0.1, 0.15) is 24.3 Å². The molecule has 0 bridgehead atoms. The molecule has 0 aliphatic carbocycles. The summed E-state index contributed by atoms with van der Waals surface area (Å²) >= 11 is 0. The zero-order chi connectivity index (χ0) is 78.9. The molecule has 0 unspecified atom stereocenters. The highest BCUT2D eigenvalue weighted by atomic mass is 15.0. The normalized spacial score (nSPS) is 10.1. The summed E-state index contributed by atoms with van der Waals surface area (Å²) in [6.45, 7) is 37.1. The SMILES string of the molecule is Cc1cc(-c2ccccc2)c(C)cn1.Cc1cc(C)cc(-c2ccccn2)c1.Cc1cc(C)cc(-c2cccnc2)c1.Cc1cc(C)ncn1.Cc1ccc(C)c(-c2ccccc2)c1.Cc1ccc(C)c2ccccc12.Cc1ccc2cc(C)ccc2c1.Cc1cnc(C)c(-c2ccccc2)c1.Cc1ncnc(C)n1. The lowest BCUT2D eigenvalue weighted by Gasteiger charge is -2.06. The van der Waals surface area contributed by atoms with Gasteiger partial charge in [-0.05, 0) is 256 Å². The molecule has 0 amide bonds. The monoisotopic (exact) mass is 1440 g/mol. The summed E-state index contributed by atoms with van der Waals surface area (Å²) in [5.74, 6) is 1.55. The van der Waals surface area contributed by atoms with Crippen molar-refractivity contribution in [2.24, 2.45) is 0 Å². The van der Waals surface area contributed by atoms with Crippen LogP contribution in [0, 0.1) is 125 Å². The molecule has 0 spiro atoms. The quantitative estimate of drug-likeness (QED) is 0.166. The van der Waals surface area contributed by atoms with Crippen LogP contribution in [0.5, 0.6) is 0 Å². The second-order valence-corrected chi connectivity index (χ2v) is 27.9. The minimum Gasteiger partial charge on any atom is -0.264 e. The van der Waals surface area contributed by atoms with Crippen molar-refractivity contribution in [3.05, 3.63) is 412 Å². The van der Waals surface area contributed by atoms with E-state index in [-0.39, 0.29) is 0 Å². The van der Waals surface area contributed by atoms with Gasteiger partial charge in [-0.15, -0.1) is 0 Å². The molecule has 10 aromatic carbocycles. The van der Waals surface area contributed by atoms with Crippen molar-refractivity contribution >= 4 is 21.5 Å². The molecular formula is C101H105N9. The molecule has 0 saturated carbocycles. The van der Waals surface area contributed by atoms with Crippen molar-refractivity contribution in [1.29, 1.82) is 0 Å². The van der Waals surface area contributed by atoms with Crippen LogP contribution in [0.15, 0.2) is 311 Å². The van der Waals surface area contributed by atoms with Gasteiger partial charge >= 0.3 is 0 Å². The lowest BCUT2D eigenvalue weighted by Crippen LogP contribution is -1.91. The number of hydrogen-bond acceptors (Lipinski definition) is 9. The van der Waals surface area contributed by atoms with Gasteiger partial charge < -0.3 is 0 Å². The third kappa shape index (κ3) is 27.3. The third-order valence-corrected chi connectivity index (χ3v) is 17.8. The maximum atomic E-state index is 4.36. The van der Waals surface area contributed by atoms with Crippen LogP contribution in [0.25, 0.3) is 77.3 Å². The van der Waals surface area contributed by atoms with E-state index in [0.29, 0.717) is 0 Å². The summed E-state index contributed by atoms with van der Waals surface area (Å²) in [7, 11) is 0. The number of aryl methyl sites for hydroxylation is 18. The van der Waals surface area contributed by atoms with Gasteiger partial charge in [0.2, 0.25) is 0 Å². The van der Waals surface area contributed by atoms with Gasteiger partial charge in [-0.3, -0.25) is 19.9 Å². The summed E-state index contributed by atoms with van der Waals surface area (Å²) in [6, 6.07) is 93.2. The Labute approximate surface area is 654 Å². The van der Waals surface area contributed by atoms with Gasteiger partial charge in [0.05, 0.1) is 5.69 Å². The number of fused-ring (bicyclic) bond motifs is 2. The van der Waals surface area contributed by atoms with Gasteiger partial charge in [-0.1, -0.05) is 257 Å². The van der Waals surface area contributed by atoms with E-state index in [4.69, 9.17) is 0 Å². The predicted octanol–water partition coefficient (Wildman–Crippen LogP) is 25.9. The molecule has 9 heteroatoms. The number of nitrogens with zero attached hydrogens (tertiary/aromatic N) is 9. The van der Waals surface area contributed by atoms with E-state index in [1.54, 1.807) is 12.5 Å². The largest absolute Gasteiger partial charge is 0.264 e. The summed E-state index contributed by atoms with van der Waals surface area (Å²) in [5.41, 5.74) is 32.1. The van der Waals surface area contributed by atoms with Crippen LogP contribution in [-0.4, -0.2) is 44.9 Å². The number of hydrogen-bond donors (Lipinski definition) is 0. The van der Waals surface area contributed by atoms with Gasteiger partial charge in [-0.2, -0.15) is 0 Å². The van der Waals surface area contributed by atoms with Crippen LogP contribution in [0.2, 0.25) is 0 Å². The smallest absolute Gasteiger partial charge is 0.129 e. The van der Waals surface area contributed by atoms with Crippen LogP contribution in [0.4, 0.5) is 0 Å². The molecule has 0 fully saturated rings. The Morgan fingerprint density at radius 2 is 0.645 bits per heavy atom. The molecule has 16 aromatic rings. The molecule has 0 saturated heterocycles. The molecule has 0 aliphatic rings. The standard InChI is InChI=1S/C14H14.4C13H13N.2C12H12.C6H8N2.C5H7N3/c1-11-8-9-12(2)14(10-11)13-6-4-3-5-7-13;1-10-6-11(2)8-13(7-10)12-4-3-5-14-9-12;1-10-7-11(2)9-12(8-10)13-5-3-4-6-14-13;1-10-9-14-11(2)8-13(10)12-6-4-3-5-7-12;1-10-8-13(11(2)14-9-10)12-6-4-3-5-7-12;1-9-3-5-12-8-10(2)4-6-11(12)7-9;1-9-7-8-10(2)12-6-4-3-5-11(9)12;1-5-3-6(2)8-4-7-5;1-4-6-3-7-5(2)8-4/h3-10H,1-2H3;4*3-9H,1-2H3;2*3-8H,1-2H3;3-4H,1-2H3;3H,1-2H3. The second kappa shape index (κ2) is 42.7. The zero-order valence-electron chi connectivity index (χ0n) is 67.5. The van der Waals surface area contributed by atoms with Crippen molar-refractivity contribution in [2.45, 2.75) is 125 Å². The second-order valence-electron chi connectivity index (χ2n) is 27.9. The number of benzene rings is 10. The minimum atomic E-state index is 0.775. The van der Waals surface area contributed by atoms with Crippen molar-refractivity contribution in [3.63, 3.8) is 0 Å². The van der Waals surface area contributed by atoms with Gasteiger partial charge in [0.15, 0.2) is 0 Å². The topological polar surface area (TPSA) is 116 Å². The maximum Gasteiger partial charge on any atom is 0.129 e. The molecule has 554 valence electrons. The summed E-state index contributed by atoms with van der Waals surface area (Å²) < 4.78 is 0. The van der Waals surface area contributed by atoms with Gasteiger partial charge in [0, 0.05) is 70.5 Å². The van der Waals surface area contributed by atoms with E-state index in [2.05, 4.69) is 352 Å². The molecule has 0 aliphatic heterocycles. The average Bonchev–Trinajstić information content (AvgIpc) is 0.815. The van der Waals surface area contributed by atoms with Crippen LogP contribution in [0.1, 0.15) is 101 Å². The van der Waals surface area contributed by atoms with E-state index in [1.165, 1.54) is 145 Å². The van der Waals surface area contributed by atoms with E-state index in [9.17, 15) is 0 Å². The first-order valence-electron chi connectivity index (χ1n) is 37.3. The number of pyridine rings is 4. The van der Waals surface area contributed by atoms with Crippen LogP contribution < -0.4 is 0 Å². The Kier molecular flexibility index (Phi) is 32.2. The minimum absolute atomic E-state index is 0.775.